The fourth-order valence-electron chi connectivity index (χ4n) is 3.36. The highest BCUT2D eigenvalue weighted by Gasteiger charge is 2.33. The monoisotopic (exact) mass is 424 g/mol. The Bertz CT molecular complexity index is 1220. The van der Waals surface area contributed by atoms with Crippen LogP contribution in [0.4, 0.5) is 11.4 Å². The molecule has 0 radical (unpaired) electrons. The molecule has 0 saturated carbocycles. The number of rotatable bonds is 4. The van der Waals surface area contributed by atoms with Crippen molar-refractivity contribution in [2.45, 2.75) is 13.3 Å². The molecule has 3 amide bonds. The summed E-state index contributed by atoms with van der Waals surface area (Å²) in [5.74, 6) is -1.45. The zero-order chi connectivity index (χ0) is 22.1. The van der Waals surface area contributed by atoms with E-state index in [0.29, 0.717) is 29.6 Å². The number of anilines is 1. The summed E-state index contributed by atoms with van der Waals surface area (Å²) in [6.45, 7) is 1.81. The molecule has 12 nitrogen and oxygen atoms in total. The first-order chi connectivity index (χ1) is 14.8. The van der Waals surface area contributed by atoms with Crippen LogP contribution in [0.1, 0.15) is 34.1 Å². The van der Waals surface area contributed by atoms with Gasteiger partial charge in [-0.15, -0.1) is 0 Å². The van der Waals surface area contributed by atoms with Gasteiger partial charge in [0.2, 0.25) is 5.91 Å². The number of carbonyl (C=O) groups is 3. The number of fused-ring (bicyclic) bond motifs is 1. The molecule has 0 spiro atoms. The van der Waals surface area contributed by atoms with Crippen LogP contribution in [-0.4, -0.2) is 56.1 Å². The molecule has 158 valence electrons. The second-order valence-electron chi connectivity index (χ2n) is 6.85. The number of nitrogens with one attached hydrogen (secondary N) is 1. The second kappa shape index (κ2) is 7.82. The van der Waals surface area contributed by atoms with Gasteiger partial charge in [0.25, 0.3) is 17.5 Å². The molecule has 1 saturated heterocycles. The van der Waals surface area contributed by atoms with Crippen molar-refractivity contribution in [2.75, 3.05) is 18.4 Å². The van der Waals surface area contributed by atoms with E-state index in [9.17, 15) is 24.5 Å². The Morgan fingerprint density at radius 3 is 2.26 bits per heavy atom. The Hall–Kier alpha value is -4.35. The number of hydrogen-bond donors (Lipinski definition) is 1. The van der Waals surface area contributed by atoms with E-state index in [1.54, 1.807) is 12.1 Å². The van der Waals surface area contributed by atoms with Crippen molar-refractivity contribution in [3.63, 3.8) is 0 Å². The Morgan fingerprint density at radius 1 is 1.00 bits per heavy atom. The third-order valence-electron chi connectivity index (χ3n) is 4.75. The summed E-state index contributed by atoms with van der Waals surface area (Å²) >= 11 is 0. The van der Waals surface area contributed by atoms with Crippen LogP contribution in [0.15, 0.2) is 41.0 Å². The predicted octanol–water partition coefficient (Wildman–Crippen LogP) is 1.99. The molecular weight excluding hydrogens is 408 g/mol. The maximum absolute atomic E-state index is 13.1. The van der Waals surface area contributed by atoms with Gasteiger partial charge >= 0.3 is 0 Å². The number of benzene rings is 2. The van der Waals surface area contributed by atoms with Crippen LogP contribution in [0.5, 0.6) is 0 Å². The average Bonchev–Trinajstić information content (AvgIpc) is 3.41. The molecule has 0 atom stereocenters. The third-order valence-corrected chi connectivity index (χ3v) is 4.75. The molecule has 0 aliphatic carbocycles. The van der Waals surface area contributed by atoms with Gasteiger partial charge in [0, 0.05) is 37.2 Å². The van der Waals surface area contributed by atoms with E-state index < -0.39 is 28.3 Å². The highest BCUT2D eigenvalue weighted by Crippen LogP contribution is 2.27. The van der Waals surface area contributed by atoms with Gasteiger partial charge in [-0.25, -0.2) is 14.6 Å². The maximum atomic E-state index is 13.1. The summed E-state index contributed by atoms with van der Waals surface area (Å²) in [6.07, 6.45) is 0.553. The van der Waals surface area contributed by atoms with Crippen molar-refractivity contribution in [2.24, 2.45) is 0 Å². The van der Waals surface area contributed by atoms with Crippen molar-refractivity contribution < 1.29 is 23.9 Å². The van der Waals surface area contributed by atoms with Gasteiger partial charge in [0.15, 0.2) is 0 Å². The second-order valence-corrected chi connectivity index (χ2v) is 6.85. The van der Waals surface area contributed by atoms with Crippen LogP contribution in [0.3, 0.4) is 0 Å². The van der Waals surface area contributed by atoms with E-state index in [-0.39, 0.29) is 17.8 Å². The average molecular weight is 424 g/mol. The lowest BCUT2D eigenvalue weighted by Crippen LogP contribution is -2.44. The topological polar surface area (TPSA) is 152 Å². The number of nitro groups is 1. The summed E-state index contributed by atoms with van der Waals surface area (Å²) in [6, 6.07) is 8.41. The largest absolute Gasteiger partial charge is 0.321 e. The lowest BCUT2D eigenvalue weighted by Gasteiger charge is -2.28. The zero-order valence-corrected chi connectivity index (χ0v) is 16.3. The van der Waals surface area contributed by atoms with Crippen molar-refractivity contribution in [1.29, 1.82) is 0 Å². The fourth-order valence-corrected chi connectivity index (χ4v) is 3.36. The first-order valence-electron chi connectivity index (χ1n) is 9.27. The molecule has 1 aliphatic rings. The van der Waals surface area contributed by atoms with Gasteiger partial charge in [-0.1, -0.05) is 0 Å². The fraction of sp³-hybridized carbons (Fsp3) is 0.211. The van der Waals surface area contributed by atoms with E-state index in [4.69, 9.17) is 0 Å². The van der Waals surface area contributed by atoms with Crippen LogP contribution in [0.25, 0.3) is 11.0 Å². The Kier molecular flexibility index (Phi) is 5.03. The van der Waals surface area contributed by atoms with Gasteiger partial charge in [-0.05, 0) is 47.1 Å². The summed E-state index contributed by atoms with van der Waals surface area (Å²) in [7, 11) is 0. The lowest BCUT2D eigenvalue weighted by atomic mass is 10.1. The molecule has 2 aromatic carbocycles. The number of carbonyl (C=O) groups excluding carboxylic acids is 3. The Morgan fingerprint density at radius 2 is 1.61 bits per heavy atom. The van der Waals surface area contributed by atoms with Crippen LogP contribution in [0, 0.1) is 10.1 Å². The van der Waals surface area contributed by atoms with Crippen LogP contribution < -0.4 is 5.32 Å². The van der Waals surface area contributed by atoms with Crippen LogP contribution in [-0.2, 0) is 4.79 Å². The van der Waals surface area contributed by atoms with Crippen molar-refractivity contribution in [3.8, 4) is 0 Å². The molecule has 1 aliphatic heterocycles. The minimum absolute atomic E-state index is 0.0158. The first kappa shape index (κ1) is 19.9. The number of hydrogen-bond acceptors (Lipinski definition) is 8. The third kappa shape index (κ3) is 3.77. The molecule has 0 bridgehead atoms. The SMILES string of the molecule is CC(=O)Nc1ccc(C(=O)N2CCCN2C(=O)c2ccc3nonc3c2)cc1[N+](=O)[O-]. The summed E-state index contributed by atoms with van der Waals surface area (Å²) < 4.78 is 4.64. The number of aromatic nitrogens is 2. The molecule has 12 heteroatoms. The number of nitrogens with zero attached hydrogens (tertiary/aromatic N) is 5. The molecule has 1 aromatic heterocycles. The van der Waals surface area contributed by atoms with Gasteiger partial charge in [-0.3, -0.25) is 24.5 Å². The van der Waals surface area contributed by atoms with Crippen molar-refractivity contribution in [1.82, 2.24) is 20.3 Å². The summed E-state index contributed by atoms with van der Waals surface area (Å²) in [4.78, 5) is 48.0. The molecule has 2 heterocycles. The highest BCUT2D eigenvalue weighted by molar-refractivity contribution is 6.01. The smallest absolute Gasteiger partial charge is 0.293 e. The standard InChI is InChI=1S/C19H16N6O6/c1-11(26)20-15-6-4-13(10-17(15)25(29)30)19(28)24-8-2-7-23(24)18(27)12-3-5-14-16(9-12)22-31-21-14/h3-6,9-10H,2,7-8H2,1H3,(H,20,26). The number of hydrazine groups is 1. The van der Waals surface area contributed by atoms with E-state index in [1.165, 1.54) is 35.1 Å². The van der Waals surface area contributed by atoms with E-state index >= 15 is 0 Å². The van der Waals surface area contributed by atoms with Crippen molar-refractivity contribution >= 4 is 40.1 Å². The molecule has 31 heavy (non-hydrogen) atoms. The van der Waals surface area contributed by atoms with E-state index in [1.807, 2.05) is 0 Å². The van der Waals surface area contributed by atoms with Crippen LogP contribution >= 0.6 is 0 Å². The Labute approximate surface area is 174 Å². The maximum Gasteiger partial charge on any atom is 0.293 e. The molecule has 4 rings (SSSR count). The number of amides is 3. The van der Waals surface area contributed by atoms with Crippen molar-refractivity contribution in [3.05, 3.63) is 57.6 Å². The molecule has 1 N–H and O–H groups in total. The zero-order valence-electron chi connectivity index (χ0n) is 16.3. The molecule has 1 fully saturated rings. The van der Waals surface area contributed by atoms with Crippen LogP contribution in [0.2, 0.25) is 0 Å². The molecule has 3 aromatic rings. The minimum atomic E-state index is -0.684. The summed E-state index contributed by atoms with van der Waals surface area (Å²) in [5.41, 5.74) is 0.802. The van der Waals surface area contributed by atoms with Gasteiger partial charge in [0.05, 0.1) is 4.92 Å². The first-order valence-corrected chi connectivity index (χ1v) is 9.27. The van der Waals surface area contributed by atoms with Gasteiger partial charge in [-0.2, -0.15) is 0 Å². The highest BCUT2D eigenvalue weighted by atomic mass is 16.6. The quantitative estimate of drug-likeness (QED) is 0.493. The summed E-state index contributed by atoms with van der Waals surface area (Å²) in [5, 5.41) is 23.7. The van der Waals surface area contributed by atoms with Gasteiger partial charge in [0.1, 0.15) is 16.7 Å². The molecular formula is C19H16N6O6. The van der Waals surface area contributed by atoms with E-state index in [2.05, 4.69) is 20.3 Å². The minimum Gasteiger partial charge on any atom is -0.321 e. The molecule has 0 unspecified atom stereocenters. The van der Waals surface area contributed by atoms with E-state index in [0.717, 1.165) is 6.07 Å². The number of nitro benzene ring substituents is 1. The van der Waals surface area contributed by atoms with Gasteiger partial charge < -0.3 is 5.32 Å². The normalized spacial score (nSPS) is 13.5. The predicted molar refractivity (Wildman–Crippen MR) is 106 cm³/mol. The Balaban J connectivity index is 1.61. The lowest BCUT2D eigenvalue weighted by molar-refractivity contribution is -0.384.